The van der Waals surface area contributed by atoms with Crippen LogP contribution in [0.1, 0.15) is 35.0 Å². The van der Waals surface area contributed by atoms with Gasteiger partial charge in [-0.3, -0.25) is 0 Å². The van der Waals surface area contributed by atoms with Crippen molar-refractivity contribution in [2.45, 2.75) is 24.7 Å². The summed E-state index contributed by atoms with van der Waals surface area (Å²) in [6.07, 6.45) is 2.05. The standard InChI is InChI=1S/C16H19NO2S2/c1-9(2)12-13(17)15(16(18)19-3)21-14(12)10-7-5-6-8-11(10)20-4/h5-9H,17H2,1-4H3. The van der Waals surface area contributed by atoms with E-state index in [0.29, 0.717) is 10.6 Å². The highest BCUT2D eigenvalue weighted by molar-refractivity contribution is 7.98. The Labute approximate surface area is 133 Å². The maximum atomic E-state index is 11.9. The van der Waals surface area contributed by atoms with Crippen LogP contribution in [-0.2, 0) is 4.74 Å². The van der Waals surface area contributed by atoms with Gasteiger partial charge in [0.1, 0.15) is 4.88 Å². The fraction of sp³-hybridized carbons (Fsp3) is 0.312. The molecule has 2 rings (SSSR count). The molecule has 0 aliphatic carbocycles. The first-order chi connectivity index (χ1) is 10.0. The van der Waals surface area contributed by atoms with Gasteiger partial charge in [-0.05, 0) is 23.8 Å². The number of carbonyl (C=O) groups excluding carboxylic acids is 1. The molecule has 1 aromatic heterocycles. The zero-order valence-corrected chi connectivity index (χ0v) is 14.2. The third-order valence-corrected chi connectivity index (χ3v) is 5.31. The molecule has 0 aliphatic rings. The van der Waals surface area contributed by atoms with Gasteiger partial charge in [-0.1, -0.05) is 32.0 Å². The van der Waals surface area contributed by atoms with Crippen LogP contribution >= 0.6 is 23.1 Å². The first-order valence-corrected chi connectivity index (χ1v) is 8.69. The van der Waals surface area contributed by atoms with Gasteiger partial charge in [0.15, 0.2) is 0 Å². The number of thioether (sulfide) groups is 1. The number of esters is 1. The van der Waals surface area contributed by atoms with E-state index in [1.54, 1.807) is 11.8 Å². The van der Waals surface area contributed by atoms with Crippen molar-refractivity contribution in [1.82, 2.24) is 0 Å². The summed E-state index contributed by atoms with van der Waals surface area (Å²) in [5.41, 5.74) is 8.92. The number of rotatable bonds is 4. The molecule has 21 heavy (non-hydrogen) atoms. The average molecular weight is 321 g/mol. The van der Waals surface area contributed by atoms with Crippen LogP contribution in [0.2, 0.25) is 0 Å². The van der Waals surface area contributed by atoms with Crippen LogP contribution in [0.25, 0.3) is 10.4 Å². The zero-order chi connectivity index (χ0) is 15.6. The molecule has 3 nitrogen and oxygen atoms in total. The molecular formula is C16H19NO2S2. The van der Waals surface area contributed by atoms with E-state index < -0.39 is 0 Å². The SMILES string of the molecule is COC(=O)c1sc(-c2ccccc2SC)c(C(C)C)c1N. The molecule has 0 radical (unpaired) electrons. The normalized spacial score (nSPS) is 10.9. The Kier molecular flexibility index (Phi) is 4.96. The Morgan fingerprint density at radius 1 is 1.33 bits per heavy atom. The summed E-state index contributed by atoms with van der Waals surface area (Å²) in [5.74, 6) is -0.128. The summed E-state index contributed by atoms with van der Waals surface area (Å²) in [4.78, 5) is 14.6. The van der Waals surface area contributed by atoms with Crippen molar-refractivity contribution < 1.29 is 9.53 Å². The Morgan fingerprint density at radius 2 is 2.00 bits per heavy atom. The fourth-order valence-corrected chi connectivity index (χ4v) is 4.31. The molecule has 0 fully saturated rings. The lowest BCUT2D eigenvalue weighted by molar-refractivity contribution is 0.0607. The third-order valence-electron chi connectivity index (χ3n) is 3.28. The Balaban J connectivity index is 2.70. The van der Waals surface area contributed by atoms with Crippen molar-refractivity contribution in [2.75, 3.05) is 19.1 Å². The minimum Gasteiger partial charge on any atom is -0.465 e. The van der Waals surface area contributed by atoms with Crippen molar-refractivity contribution in [3.63, 3.8) is 0 Å². The highest BCUT2D eigenvalue weighted by Gasteiger charge is 2.24. The Bertz CT molecular complexity index is 662. The Morgan fingerprint density at radius 3 is 2.57 bits per heavy atom. The zero-order valence-electron chi connectivity index (χ0n) is 12.6. The van der Waals surface area contributed by atoms with Crippen LogP contribution < -0.4 is 5.73 Å². The smallest absolute Gasteiger partial charge is 0.350 e. The predicted molar refractivity (Wildman–Crippen MR) is 91.4 cm³/mol. The molecule has 0 bridgehead atoms. The minimum atomic E-state index is -0.368. The molecule has 0 amide bonds. The first-order valence-electron chi connectivity index (χ1n) is 6.65. The van der Waals surface area contributed by atoms with Crippen LogP contribution in [0.3, 0.4) is 0 Å². The maximum absolute atomic E-state index is 11.9. The van der Waals surface area contributed by atoms with Crippen LogP contribution in [0.5, 0.6) is 0 Å². The number of nitrogens with two attached hydrogens (primary N) is 1. The number of benzene rings is 1. The summed E-state index contributed by atoms with van der Waals surface area (Å²) in [6.45, 7) is 4.18. The molecule has 0 saturated carbocycles. The summed E-state index contributed by atoms with van der Waals surface area (Å²) in [6, 6.07) is 8.18. The Hall–Kier alpha value is -1.46. The van der Waals surface area contributed by atoms with Crippen LogP contribution in [0, 0.1) is 0 Å². The molecular weight excluding hydrogens is 302 g/mol. The lowest BCUT2D eigenvalue weighted by atomic mass is 9.98. The van der Waals surface area contributed by atoms with Gasteiger partial charge < -0.3 is 10.5 Å². The first kappa shape index (κ1) is 15.9. The number of hydrogen-bond donors (Lipinski definition) is 1. The van der Waals surface area contributed by atoms with Crippen molar-refractivity contribution in [1.29, 1.82) is 0 Å². The topological polar surface area (TPSA) is 52.3 Å². The number of nitrogen functional groups attached to an aromatic ring is 1. The second kappa shape index (κ2) is 6.54. The molecule has 0 atom stereocenters. The van der Waals surface area contributed by atoms with Crippen molar-refractivity contribution in [3.8, 4) is 10.4 Å². The third kappa shape index (κ3) is 2.94. The average Bonchev–Trinajstić information content (AvgIpc) is 2.83. The highest BCUT2D eigenvalue weighted by atomic mass is 32.2. The number of carbonyl (C=O) groups is 1. The second-order valence-electron chi connectivity index (χ2n) is 4.93. The van der Waals surface area contributed by atoms with Crippen LogP contribution in [-0.4, -0.2) is 19.3 Å². The van der Waals surface area contributed by atoms with E-state index in [1.807, 2.05) is 18.4 Å². The molecule has 0 aliphatic heterocycles. The predicted octanol–water partition coefficient (Wildman–Crippen LogP) is 4.63. The molecule has 2 aromatic rings. The monoisotopic (exact) mass is 321 g/mol. The van der Waals surface area contributed by atoms with Gasteiger partial charge in [-0.25, -0.2) is 4.79 Å². The van der Waals surface area contributed by atoms with E-state index in [4.69, 9.17) is 10.5 Å². The number of methoxy groups -OCH3 is 1. The lowest BCUT2D eigenvalue weighted by Gasteiger charge is -2.11. The second-order valence-corrected chi connectivity index (χ2v) is 6.80. The number of hydrogen-bond acceptors (Lipinski definition) is 5. The molecule has 0 spiro atoms. The highest BCUT2D eigenvalue weighted by Crippen LogP contribution is 2.45. The fourth-order valence-electron chi connectivity index (χ4n) is 2.31. The summed E-state index contributed by atoms with van der Waals surface area (Å²) >= 11 is 3.11. The van der Waals surface area contributed by atoms with E-state index >= 15 is 0 Å². The number of ether oxygens (including phenoxy) is 1. The van der Waals surface area contributed by atoms with Gasteiger partial charge in [0, 0.05) is 15.3 Å². The van der Waals surface area contributed by atoms with Crippen molar-refractivity contribution in [2.24, 2.45) is 0 Å². The van der Waals surface area contributed by atoms with Gasteiger partial charge in [0.05, 0.1) is 12.8 Å². The van der Waals surface area contributed by atoms with E-state index in [2.05, 4.69) is 26.0 Å². The number of anilines is 1. The summed E-state index contributed by atoms with van der Waals surface area (Å²) < 4.78 is 4.84. The summed E-state index contributed by atoms with van der Waals surface area (Å²) in [7, 11) is 1.38. The van der Waals surface area contributed by atoms with E-state index in [9.17, 15) is 4.79 Å². The molecule has 1 aromatic carbocycles. The maximum Gasteiger partial charge on any atom is 0.350 e. The molecule has 0 unspecified atom stereocenters. The molecule has 2 N–H and O–H groups in total. The summed E-state index contributed by atoms with van der Waals surface area (Å²) in [5, 5.41) is 0. The van der Waals surface area contributed by atoms with Gasteiger partial charge in [-0.15, -0.1) is 23.1 Å². The molecule has 112 valence electrons. The molecule has 5 heteroatoms. The molecule has 1 heterocycles. The largest absolute Gasteiger partial charge is 0.465 e. The minimum absolute atomic E-state index is 0.240. The lowest BCUT2D eigenvalue weighted by Crippen LogP contribution is -2.03. The van der Waals surface area contributed by atoms with Gasteiger partial charge in [0.2, 0.25) is 0 Å². The molecule has 0 saturated heterocycles. The van der Waals surface area contributed by atoms with E-state index in [1.165, 1.54) is 23.3 Å². The van der Waals surface area contributed by atoms with Gasteiger partial charge >= 0.3 is 5.97 Å². The quantitative estimate of drug-likeness (QED) is 0.659. The van der Waals surface area contributed by atoms with Crippen LogP contribution in [0.15, 0.2) is 29.2 Å². The van der Waals surface area contributed by atoms with E-state index in [0.717, 1.165) is 16.0 Å². The van der Waals surface area contributed by atoms with Gasteiger partial charge in [0.25, 0.3) is 0 Å². The van der Waals surface area contributed by atoms with E-state index in [-0.39, 0.29) is 11.9 Å². The van der Waals surface area contributed by atoms with Crippen molar-refractivity contribution in [3.05, 3.63) is 34.7 Å². The number of thiophene rings is 1. The van der Waals surface area contributed by atoms with Crippen LogP contribution in [0.4, 0.5) is 5.69 Å². The van der Waals surface area contributed by atoms with Gasteiger partial charge in [-0.2, -0.15) is 0 Å². The van der Waals surface area contributed by atoms with Crippen molar-refractivity contribution >= 4 is 34.8 Å².